The minimum atomic E-state index is -0.705. The lowest BCUT2D eigenvalue weighted by atomic mass is 9.99. The highest BCUT2D eigenvalue weighted by Gasteiger charge is 2.23. The van der Waals surface area contributed by atoms with E-state index in [2.05, 4.69) is 0 Å². The molecule has 1 amide bonds. The van der Waals surface area contributed by atoms with Crippen LogP contribution >= 0.6 is 0 Å². The molecule has 0 unspecified atom stereocenters. The van der Waals surface area contributed by atoms with Crippen molar-refractivity contribution in [2.75, 3.05) is 27.4 Å². The summed E-state index contributed by atoms with van der Waals surface area (Å²) in [6.45, 7) is 0.499. The zero-order chi connectivity index (χ0) is 22.4. The minimum Gasteiger partial charge on any atom is -0.493 e. The van der Waals surface area contributed by atoms with Gasteiger partial charge in [-0.25, -0.2) is 4.79 Å². The van der Waals surface area contributed by atoms with Crippen LogP contribution < -0.4 is 9.47 Å². The van der Waals surface area contributed by atoms with Crippen molar-refractivity contribution in [2.45, 2.75) is 13.0 Å². The predicted molar refractivity (Wildman–Crippen MR) is 112 cm³/mol. The largest absolute Gasteiger partial charge is 0.493 e. The summed E-state index contributed by atoms with van der Waals surface area (Å²) in [5.41, 5.74) is 2.44. The Morgan fingerprint density at radius 3 is 2.52 bits per heavy atom. The summed E-state index contributed by atoms with van der Waals surface area (Å²) in [4.78, 5) is 36.3. The second-order valence-electron chi connectivity index (χ2n) is 6.83. The van der Waals surface area contributed by atoms with Crippen LogP contribution in [0.15, 0.2) is 42.5 Å². The number of rotatable bonds is 7. The number of non-ortho nitro benzene ring substituents is 1. The first-order chi connectivity index (χ1) is 14.9. The number of carbonyl (C=O) groups excluding carboxylic acids is 2. The SMILES string of the molecule is COc1cc2c(cc1OC)CN(C(=O)COC(=O)/C=C/c1cccc([N+](=O)[O-])c1)CC2. The quantitative estimate of drug-likeness (QED) is 0.290. The molecule has 9 heteroatoms. The van der Waals surface area contributed by atoms with E-state index in [1.54, 1.807) is 25.2 Å². The Hall–Kier alpha value is -3.88. The van der Waals surface area contributed by atoms with E-state index in [0.29, 0.717) is 36.6 Å². The monoisotopic (exact) mass is 426 g/mol. The van der Waals surface area contributed by atoms with E-state index in [-0.39, 0.29) is 18.2 Å². The van der Waals surface area contributed by atoms with E-state index in [1.165, 1.54) is 24.3 Å². The molecule has 31 heavy (non-hydrogen) atoms. The summed E-state index contributed by atoms with van der Waals surface area (Å²) in [7, 11) is 3.13. The molecule has 0 atom stereocenters. The van der Waals surface area contributed by atoms with Gasteiger partial charge in [-0.05, 0) is 41.3 Å². The number of hydrogen-bond donors (Lipinski definition) is 0. The summed E-state index contributed by atoms with van der Waals surface area (Å²) in [6.07, 6.45) is 3.19. The molecule has 0 aromatic heterocycles. The smallest absolute Gasteiger partial charge is 0.331 e. The topological polar surface area (TPSA) is 108 Å². The van der Waals surface area contributed by atoms with Crippen LogP contribution in [0.25, 0.3) is 6.08 Å². The molecule has 0 saturated carbocycles. The van der Waals surface area contributed by atoms with E-state index < -0.39 is 10.9 Å². The number of nitrogens with zero attached hydrogens (tertiary/aromatic N) is 2. The maximum atomic E-state index is 12.5. The van der Waals surface area contributed by atoms with E-state index in [4.69, 9.17) is 14.2 Å². The van der Waals surface area contributed by atoms with Crippen LogP contribution in [0.2, 0.25) is 0 Å². The van der Waals surface area contributed by atoms with Crippen molar-refractivity contribution in [3.63, 3.8) is 0 Å². The van der Waals surface area contributed by atoms with Gasteiger partial charge in [0.15, 0.2) is 18.1 Å². The lowest BCUT2D eigenvalue weighted by Gasteiger charge is -2.29. The third-order valence-electron chi connectivity index (χ3n) is 4.90. The Labute approximate surface area is 179 Å². The second kappa shape index (κ2) is 9.75. The second-order valence-corrected chi connectivity index (χ2v) is 6.83. The van der Waals surface area contributed by atoms with Gasteiger partial charge in [-0.3, -0.25) is 14.9 Å². The molecule has 0 bridgehead atoms. The van der Waals surface area contributed by atoms with Gasteiger partial charge in [-0.2, -0.15) is 0 Å². The molecule has 0 N–H and O–H groups in total. The number of esters is 1. The molecule has 2 aromatic carbocycles. The molecule has 0 saturated heterocycles. The molecule has 0 radical (unpaired) electrons. The van der Waals surface area contributed by atoms with Crippen molar-refractivity contribution in [1.29, 1.82) is 0 Å². The average molecular weight is 426 g/mol. The Morgan fingerprint density at radius 2 is 1.84 bits per heavy atom. The molecule has 1 heterocycles. The van der Waals surface area contributed by atoms with Crippen molar-refractivity contribution in [1.82, 2.24) is 4.90 Å². The summed E-state index contributed by atoms with van der Waals surface area (Å²) in [5.74, 6) is 0.222. The van der Waals surface area contributed by atoms with Gasteiger partial charge in [0, 0.05) is 31.3 Å². The molecule has 9 nitrogen and oxygen atoms in total. The predicted octanol–water partition coefficient (Wildman–Crippen LogP) is 2.75. The number of amides is 1. The lowest BCUT2D eigenvalue weighted by Crippen LogP contribution is -2.38. The molecule has 0 aliphatic carbocycles. The fraction of sp³-hybridized carbons (Fsp3) is 0.273. The number of benzene rings is 2. The molecular weight excluding hydrogens is 404 g/mol. The van der Waals surface area contributed by atoms with Gasteiger partial charge >= 0.3 is 5.97 Å². The molecule has 0 spiro atoms. The molecule has 0 fully saturated rings. The first-order valence-electron chi connectivity index (χ1n) is 9.52. The summed E-state index contributed by atoms with van der Waals surface area (Å²) >= 11 is 0. The van der Waals surface area contributed by atoms with Gasteiger partial charge in [0.05, 0.1) is 19.1 Å². The van der Waals surface area contributed by atoms with Crippen LogP contribution in [-0.2, 0) is 27.3 Å². The summed E-state index contributed by atoms with van der Waals surface area (Å²) in [5, 5.41) is 10.8. The third-order valence-corrected chi connectivity index (χ3v) is 4.90. The average Bonchev–Trinajstić information content (AvgIpc) is 2.79. The van der Waals surface area contributed by atoms with Crippen LogP contribution in [0.1, 0.15) is 16.7 Å². The highest BCUT2D eigenvalue weighted by Crippen LogP contribution is 2.33. The van der Waals surface area contributed by atoms with Crippen LogP contribution in [0.3, 0.4) is 0 Å². The highest BCUT2D eigenvalue weighted by atomic mass is 16.6. The van der Waals surface area contributed by atoms with Gasteiger partial charge in [-0.15, -0.1) is 0 Å². The number of methoxy groups -OCH3 is 2. The maximum absolute atomic E-state index is 12.5. The molecular formula is C22H22N2O7. The van der Waals surface area contributed by atoms with Gasteiger partial charge in [0.2, 0.25) is 0 Å². The van der Waals surface area contributed by atoms with Gasteiger partial charge in [-0.1, -0.05) is 12.1 Å². The Morgan fingerprint density at radius 1 is 1.13 bits per heavy atom. The van der Waals surface area contributed by atoms with Crippen LogP contribution in [0.5, 0.6) is 11.5 Å². The molecule has 162 valence electrons. The van der Waals surface area contributed by atoms with Crippen LogP contribution in [0.4, 0.5) is 5.69 Å². The van der Waals surface area contributed by atoms with Crippen LogP contribution in [0, 0.1) is 10.1 Å². The van der Waals surface area contributed by atoms with Crippen molar-refractivity contribution in [3.05, 3.63) is 69.3 Å². The number of nitro groups is 1. The Bertz CT molecular complexity index is 1030. The lowest BCUT2D eigenvalue weighted by molar-refractivity contribution is -0.384. The van der Waals surface area contributed by atoms with Gasteiger partial charge in [0.1, 0.15) is 0 Å². The van der Waals surface area contributed by atoms with E-state index in [9.17, 15) is 19.7 Å². The fourth-order valence-corrected chi connectivity index (χ4v) is 3.27. The summed E-state index contributed by atoms with van der Waals surface area (Å²) in [6, 6.07) is 9.60. The first kappa shape index (κ1) is 21.8. The number of fused-ring (bicyclic) bond motifs is 1. The van der Waals surface area contributed by atoms with E-state index in [0.717, 1.165) is 17.2 Å². The Kier molecular flexibility index (Phi) is 6.86. The number of nitro benzene ring substituents is 1. The molecule has 1 aliphatic heterocycles. The Balaban J connectivity index is 1.56. The van der Waals surface area contributed by atoms with Crippen molar-refractivity contribution in [3.8, 4) is 11.5 Å². The van der Waals surface area contributed by atoms with Crippen LogP contribution in [-0.4, -0.2) is 49.1 Å². The summed E-state index contributed by atoms with van der Waals surface area (Å²) < 4.78 is 15.7. The zero-order valence-electron chi connectivity index (χ0n) is 17.2. The van der Waals surface area contributed by atoms with Gasteiger partial charge in [0.25, 0.3) is 11.6 Å². The minimum absolute atomic E-state index is 0.0784. The molecule has 3 rings (SSSR count). The van der Waals surface area contributed by atoms with E-state index >= 15 is 0 Å². The first-order valence-corrected chi connectivity index (χ1v) is 9.52. The third kappa shape index (κ3) is 5.39. The van der Waals surface area contributed by atoms with Crippen molar-refractivity contribution < 1.29 is 28.7 Å². The van der Waals surface area contributed by atoms with E-state index in [1.807, 2.05) is 12.1 Å². The standard InChI is InChI=1S/C22H22N2O7/c1-29-19-11-16-8-9-23(13-17(16)12-20(19)30-2)21(25)14-31-22(26)7-6-15-4-3-5-18(10-15)24(27)28/h3-7,10-12H,8-9,13-14H2,1-2H3/b7-6+. The van der Waals surface area contributed by atoms with Crippen molar-refractivity contribution in [2.24, 2.45) is 0 Å². The maximum Gasteiger partial charge on any atom is 0.331 e. The van der Waals surface area contributed by atoms with Gasteiger partial charge < -0.3 is 19.1 Å². The molecule has 1 aliphatic rings. The number of hydrogen-bond acceptors (Lipinski definition) is 7. The molecule has 2 aromatic rings. The number of ether oxygens (including phenoxy) is 3. The highest BCUT2D eigenvalue weighted by molar-refractivity contribution is 5.89. The fourth-order valence-electron chi connectivity index (χ4n) is 3.27. The zero-order valence-corrected chi connectivity index (χ0v) is 17.2. The van der Waals surface area contributed by atoms with Crippen molar-refractivity contribution >= 4 is 23.6 Å². The number of carbonyl (C=O) groups is 2. The normalized spacial score (nSPS) is 12.9.